The van der Waals surface area contributed by atoms with Crippen molar-refractivity contribution in [1.82, 2.24) is 10.2 Å². The van der Waals surface area contributed by atoms with Crippen LogP contribution >= 0.6 is 11.8 Å². The zero-order valence-corrected chi connectivity index (χ0v) is 16.9. The van der Waals surface area contributed by atoms with E-state index in [0.717, 1.165) is 30.1 Å². The molecule has 1 N–H and O–H groups in total. The summed E-state index contributed by atoms with van der Waals surface area (Å²) in [6.45, 7) is 8.18. The molecule has 1 fully saturated rings. The maximum absolute atomic E-state index is 12.7. The van der Waals surface area contributed by atoms with Crippen molar-refractivity contribution in [3.05, 3.63) is 65.7 Å². The number of nitrogens with zero attached hydrogens (tertiary/aromatic N) is 1. The van der Waals surface area contributed by atoms with Crippen LogP contribution in [0.4, 0.5) is 0 Å². The lowest BCUT2D eigenvalue weighted by molar-refractivity contribution is -0.0292. The highest BCUT2D eigenvalue weighted by Crippen LogP contribution is 2.26. The molecular formula is C22H28N2O2S. The van der Waals surface area contributed by atoms with Crippen molar-refractivity contribution in [2.45, 2.75) is 36.6 Å². The fraction of sp³-hybridized carbons (Fsp3) is 0.409. The van der Waals surface area contributed by atoms with Crippen LogP contribution < -0.4 is 5.32 Å². The van der Waals surface area contributed by atoms with E-state index in [1.807, 2.05) is 30.3 Å². The smallest absolute Gasteiger partial charge is 0.252 e. The van der Waals surface area contributed by atoms with Crippen molar-refractivity contribution < 1.29 is 9.53 Å². The monoisotopic (exact) mass is 384 g/mol. The summed E-state index contributed by atoms with van der Waals surface area (Å²) in [5.41, 5.74) is 2.05. The fourth-order valence-corrected chi connectivity index (χ4v) is 4.15. The van der Waals surface area contributed by atoms with Crippen LogP contribution in [0.15, 0.2) is 59.5 Å². The first-order valence-electron chi connectivity index (χ1n) is 9.53. The van der Waals surface area contributed by atoms with Gasteiger partial charge in [-0.1, -0.05) is 56.3 Å². The Morgan fingerprint density at radius 3 is 2.70 bits per heavy atom. The van der Waals surface area contributed by atoms with Crippen molar-refractivity contribution >= 4 is 17.7 Å². The Balaban J connectivity index is 1.53. The molecule has 0 bridgehead atoms. The molecule has 2 aromatic rings. The summed E-state index contributed by atoms with van der Waals surface area (Å²) in [5.74, 6) is -0.0254. The first kappa shape index (κ1) is 19.9. The van der Waals surface area contributed by atoms with Crippen LogP contribution in [0.3, 0.4) is 0 Å². The number of amides is 1. The topological polar surface area (TPSA) is 41.6 Å². The van der Waals surface area contributed by atoms with Crippen LogP contribution in [0.2, 0.25) is 0 Å². The van der Waals surface area contributed by atoms with Gasteiger partial charge < -0.3 is 10.1 Å². The highest BCUT2D eigenvalue weighted by Gasteiger charge is 2.22. The first-order chi connectivity index (χ1) is 13.1. The van der Waals surface area contributed by atoms with Gasteiger partial charge in [-0.3, -0.25) is 9.69 Å². The Labute approximate surface area is 166 Å². The van der Waals surface area contributed by atoms with E-state index in [2.05, 4.69) is 48.3 Å². The SMILES string of the molecule is CC(C)Sc1ccccc1C(=O)NC[C@@H]1CN(Cc2ccccc2)CCO1. The second-order valence-corrected chi connectivity index (χ2v) is 8.70. The predicted molar refractivity (Wildman–Crippen MR) is 111 cm³/mol. The van der Waals surface area contributed by atoms with Gasteiger partial charge in [-0.25, -0.2) is 0 Å². The molecule has 1 amide bonds. The van der Waals surface area contributed by atoms with E-state index < -0.39 is 0 Å². The molecule has 144 valence electrons. The summed E-state index contributed by atoms with van der Waals surface area (Å²) >= 11 is 1.72. The molecule has 2 aromatic carbocycles. The van der Waals surface area contributed by atoms with Gasteiger partial charge in [0, 0.05) is 36.3 Å². The number of thioether (sulfide) groups is 1. The molecule has 27 heavy (non-hydrogen) atoms. The van der Waals surface area contributed by atoms with E-state index in [9.17, 15) is 4.79 Å². The molecule has 1 aliphatic heterocycles. The number of carbonyl (C=O) groups is 1. The molecule has 1 heterocycles. The summed E-state index contributed by atoms with van der Waals surface area (Å²) in [7, 11) is 0. The lowest BCUT2D eigenvalue weighted by Gasteiger charge is -2.33. The number of hydrogen-bond donors (Lipinski definition) is 1. The molecule has 0 radical (unpaired) electrons. The molecule has 5 heteroatoms. The molecule has 1 aliphatic rings. The molecule has 0 saturated carbocycles. The second kappa shape index (κ2) is 9.93. The number of ether oxygens (including phenoxy) is 1. The number of carbonyl (C=O) groups excluding carboxylic acids is 1. The van der Waals surface area contributed by atoms with Crippen LogP contribution in [0.1, 0.15) is 29.8 Å². The van der Waals surface area contributed by atoms with E-state index in [0.29, 0.717) is 18.4 Å². The number of benzene rings is 2. The largest absolute Gasteiger partial charge is 0.374 e. The Morgan fingerprint density at radius 2 is 1.93 bits per heavy atom. The summed E-state index contributed by atoms with van der Waals surface area (Å²) in [5, 5.41) is 3.50. The highest BCUT2D eigenvalue weighted by molar-refractivity contribution is 8.00. The predicted octanol–water partition coefficient (Wildman–Crippen LogP) is 3.82. The minimum atomic E-state index is -0.0254. The van der Waals surface area contributed by atoms with Gasteiger partial charge >= 0.3 is 0 Å². The van der Waals surface area contributed by atoms with Crippen LogP contribution in [0.5, 0.6) is 0 Å². The van der Waals surface area contributed by atoms with Crippen molar-refractivity contribution in [3.8, 4) is 0 Å². The number of nitrogens with one attached hydrogen (secondary N) is 1. The summed E-state index contributed by atoms with van der Waals surface area (Å²) in [6.07, 6.45) is 0.0244. The van der Waals surface area contributed by atoms with Gasteiger partial charge in [0.15, 0.2) is 0 Å². The molecule has 0 aromatic heterocycles. The molecule has 0 spiro atoms. The van der Waals surface area contributed by atoms with Gasteiger partial charge in [-0.05, 0) is 17.7 Å². The summed E-state index contributed by atoms with van der Waals surface area (Å²) in [4.78, 5) is 16.1. The maximum atomic E-state index is 12.7. The molecule has 1 atom stereocenters. The average Bonchev–Trinajstić information content (AvgIpc) is 2.67. The van der Waals surface area contributed by atoms with Gasteiger partial charge in [-0.15, -0.1) is 11.8 Å². The number of morpholine rings is 1. The van der Waals surface area contributed by atoms with Gasteiger partial charge in [-0.2, -0.15) is 0 Å². The van der Waals surface area contributed by atoms with Gasteiger partial charge in [0.25, 0.3) is 5.91 Å². The zero-order chi connectivity index (χ0) is 19.1. The third-order valence-electron chi connectivity index (χ3n) is 4.46. The van der Waals surface area contributed by atoms with Crippen molar-refractivity contribution in [1.29, 1.82) is 0 Å². The summed E-state index contributed by atoms with van der Waals surface area (Å²) < 4.78 is 5.87. The van der Waals surface area contributed by atoms with Crippen molar-refractivity contribution in [2.24, 2.45) is 0 Å². The Hall–Kier alpha value is -1.82. The van der Waals surface area contributed by atoms with Crippen molar-refractivity contribution in [2.75, 3.05) is 26.2 Å². The van der Waals surface area contributed by atoms with Crippen LogP contribution in [-0.2, 0) is 11.3 Å². The van der Waals surface area contributed by atoms with Crippen LogP contribution in [0, 0.1) is 0 Å². The lowest BCUT2D eigenvalue weighted by atomic mass is 10.2. The van der Waals surface area contributed by atoms with Gasteiger partial charge in [0.1, 0.15) is 0 Å². The third kappa shape index (κ3) is 6.09. The normalized spacial score (nSPS) is 17.8. The minimum absolute atomic E-state index is 0.0244. The summed E-state index contributed by atoms with van der Waals surface area (Å²) in [6, 6.07) is 18.3. The molecule has 1 saturated heterocycles. The van der Waals surface area contributed by atoms with E-state index in [-0.39, 0.29) is 12.0 Å². The quantitative estimate of drug-likeness (QED) is 0.737. The zero-order valence-electron chi connectivity index (χ0n) is 16.1. The van der Waals surface area contributed by atoms with Crippen LogP contribution in [0.25, 0.3) is 0 Å². The molecule has 0 unspecified atom stereocenters. The fourth-order valence-electron chi connectivity index (χ4n) is 3.20. The number of rotatable bonds is 7. The first-order valence-corrected chi connectivity index (χ1v) is 10.4. The second-order valence-electron chi connectivity index (χ2n) is 7.09. The molecular weight excluding hydrogens is 356 g/mol. The van der Waals surface area contributed by atoms with E-state index in [1.165, 1.54) is 5.56 Å². The van der Waals surface area contributed by atoms with E-state index in [4.69, 9.17) is 4.74 Å². The Bertz CT molecular complexity index is 736. The minimum Gasteiger partial charge on any atom is -0.374 e. The lowest BCUT2D eigenvalue weighted by Crippen LogP contribution is -2.47. The van der Waals surface area contributed by atoms with E-state index >= 15 is 0 Å². The van der Waals surface area contributed by atoms with Crippen molar-refractivity contribution in [3.63, 3.8) is 0 Å². The van der Waals surface area contributed by atoms with Gasteiger partial charge in [0.2, 0.25) is 0 Å². The molecule has 4 nitrogen and oxygen atoms in total. The average molecular weight is 385 g/mol. The standard InChI is InChI=1S/C22H28N2O2S/c1-17(2)27-21-11-7-6-10-20(21)22(25)23-14-19-16-24(12-13-26-19)15-18-8-4-3-5-9-18/h3-11,17,19H,12-16H2,1-2H3,(H,23,25)/t19-/m1/s1. The van der Waals surface area contributed by atoms with Gasteiger partial charge in [0.05, 0.1) is 18.3 Å². The third-order valence-corrected chi connectivity index (χ3v) is 5.54. The molecule has 0 aliphatic carbocycles. The highest BCUT2D eigenvalue weighted by atomic mass is 32.2. The number of hydrogen-bond acceptors (Lipinski definition) is 4. The maximum Gasteiger partial charge on any atom is 0.252 e. The van der Waals surface area contributed by atoms with Crippen LogP contribution in [-0.4, -0.2) is 48.4 Å². The molecule has 3 rings (SSSR count). The Kier molecular flexibility index (Phi) is 7.33. The van der Waals surface area contributed by atoms with E-state index in [1.54, 1.807) is 11.8 Å². The Morgan fingerprint density at radius 1 is 1.19 bits per heavy atom.